The van der Waals surface area contributed by atoms with Crippen LogP contribution in [-0.2, 0) is 14.3 Å². The van der Waals surface area contributed by atoms with Crippen molar-refractivity contribution in [2.45, 2.75) is 39.2 Å². The molecule has 0 radical (unpaired) electrons. The van der Waals surface area contributed by atoms with Gasteiger partial charge in [0.15, 0.2) is 0 Å². The molecule has 1 amide bonds. The predicted octanol–water partition coefficient (Wildman–Crippen LogP) is 1.46. The van der Waals surface area contributed by atoms with E-state index in [1.54, 1.807) is 6.20 Å². The third kappa shape index (κ3) is 2.58. The molecule has 0 saturated heterocycles. The van der Waals surface area contributed by atoms with Gasteiger partial charge in [0.2, 0.25) is 5.91 Å². The van der Waals surface area contributed by atoms with Crippen molar-refractivity contribution in [3.8, 4) is 0 Å². The summed E-state index contributed by atoms with van der Waals surface area (Å²) in [6.07, 6.45) is 4.22. The Morgan fingerprint density at radius 2 is 2.27 bits per heavy atom. The van der Waals surface area contributed by atoms with Crippen LogP contribution in [0, 0.1) is 0 Å². The monoisotopic (exact) mass is 211 g/mol. The second-order valence-corrected chi connectivity index (χ2v) is 3.64. The number of allylic oxidation sites excluding steroid dienone is 1. The highest BCUT2D eigenvalue weighted by Gasteiger charge is 2.30. The second-order valence-electron chi connectivity index (χ2n) is 3.64. The zero-order valence-corrected chi connectivity index (χ0v) is 9.45. The predicted molar refractivity (Wildman–Crippen MR) is 55.9 cm³/mol. The van der Waals surface area contributed by atoms with Gasteiger partial charge in [0.05, 0.1) is 7.11 Å². The first-order valence-corrected chi connectivity index (χ1v) is 5.16. The molecule has 0 aromatic heterocycles. The lowest BCUT2D eigenvalue weighted by atomic mass is 9.99. The molecule has 1 aliphatic rings. The zero-order chi connectivity index (χ0) is 11.4. The summed E-state index contributed by atoms with van der Waals surface area (Å²) in [6, 6.07) is -0.442. The molecule has 0 unspecified atom stereocenters. The van der Waals surface area contributed by atoms with E-state index in [4.69, 9.17) is 0 Å². The molecule has 1 atom stereocenters. The Morgan fingerprint density at radius 1 is 1.60 bits per heavy atom. The molecule has 15 heavy (non-hydrogen) atoms. The number of hydrogen-bond acceptors (Lipinski definition) is 3. The fraction of sp³-hybridized carbons (Fsp3) is 0.636. The highest BCUT2D eigenvalue weighted by atomic mass is 16.5. The van der Waals surface area contributed by atoms with Gasteiger partial charge in [-0.05, 0) is 19.3 Å². The van der Waals surface area contributed by atoms with Crippen LogP contribution in [0.15, 0.2) is 11.8 Å². The number of hydrogen-bond donors (Lipinski definition) is 0. The lowest BCUT2D eigenvalue weighted by Crippen LogP contribution is -2.43. The maximum Gasteiger partial charge on any atom is 0.328 e. The van der Waals surface area contributed by atoms with E-state index in [9.17, 15) is 9.59 Å². The van der Waals surface area contributed by atoms with Crippen LogP contribution in [0.5, 0.6) is 0 Å². The molecule has 4 nitrogen and oxygen atoms in total. The van der Waals surface area contributed by atoms with Gasteiger partial charge in [-0.1, -0.05) is 12.5 Å². The van der Waals surface area contributed by atoms with E-state index in [-0.39, 0.29) is 11.9 Å². The number of rotatable bonds is 2. The van der Waals surface area contributed by atoms with E-state index < -0.39 is 6.04 Å². The van der Waals surface area contributed by atoms with Crippen molar-refractivity contribution in [2.24, 2.45) is 0 Å². The largest absolute Gasteiger partial charge is 0.467 e. The van der Waals surface area contributed by atoms with Gasteiger partial charge in [-0.3, -0.25) is 4.79 Å². The molecule has 0 bridgehead atoms. The van der Waals surface area contributed by atoms with Crippen molar-refractivity contribution in [2.75, 3.05) is 7.11 Å². The Bertz CT molecular complexity index is 296. The van der Waals surface area contributed by atoms with Crippen molar-refractivity contribution < 1.29 is 14.3 Å². The van der Waals surface area contributed by atoms with Crippen LogP contribution in [0.3, 0.4) is 0 Å². The van der Waals surface area contributed by atoms with E-state index in [1.165, 1.54) is 24.5 Å². The van der Waals surface area contributed by atoms with Crippen molar-refractivity contribution in [1.29, 1.82) is 0 Å². The van der Waals surface area contributed by atoms with Gasteiger partial charge < -0.3 is 9.64 Å². The molecular weight excluding hydrogens is 194 g/mol. The van der Waals surface area contributed by atoms with Crippen LogP contribution in [0.4, 0.5) is 0 Å². The molecule has 1 aliphatic heterocycles. The van der Waals surface area contributed by atoms with Crippen LogP contribution in [0.2, 0.25) is 0 Å². The van der Waals surface area contributed by atoms with E-state index in [0.717, 1.165) is 12.8 Å². The SMILES string of the molecule is CCC1=CN(C(C)=O)[C@H](C(=O)OC)CC1. The number of methoxy groups -OCH3 is 1. The van der Waals surface area contributed by atoms with Crippen molar-refractivity contribution in [1.82, 2.24) is 4.90 Å². The minimum absolute atomic E-state index is 0.115. The molecule has 1 heterocycles. The molecule has 0 aromatic carbocycles. The number of esters is 1. The van der Waals surface area contributed by atoms with Crippen molar-refractivity contribution in [3.63, 3.8) is 0 Å². The molecule has 84 valence electrons. The van der Waals surface area contributed by atoms with Crippen LogP contribution in [0.25, 0.3) is 0 Å². The van der Waals surface area contributed by atoms with Gasteiger partial charge >= 0.3 is 5.97 Å². The Balaban J connectivity index is 2.87. The Hall–Kier alpha value is -1.32. The van der Waals surface area contributed by atoms with Crippen molar-refractivity contribution in [3.05, 3.63) is 11.8 Å². The van der Waals surface area contributed by atoms with E-state index in [1.807, 2.05) is 6.92 Å². The van der Waals surface area contributed by atoms with Crippen molar-refractivity contribution >= 4 is 11.9 Å². The van der Waals surface area contributed by atoms with Gasteiger partial charge in [0.25, 0.3) is 0 Å². The lowest BCUT2D eigenvalue weighted by Gasteiger charge is -2.30. The van der Waals surface area contributed by atoms with Crippen LogP contribution >= 0.6 is 0 Å². The normalized spacial score (nSPS) is 20.9. The molecule has 0 fully saturated rings. The van der Waals surface area contributed by atoms with Crippen LogP contribution < -0.4 is 0 Å². The molecule has 0 saturated carbocycles. The smallest absolute Gasteiger partial charge is 0.328 e. The molecule has 0 aromatic rings. The summed E-state index contributed by atoms with van der Waals surface area (Å²) >= 11 is 0. The zero-order valence-electron chi connectivity index (χ0n) is 9.45. The third-order valence-electron chi connectivity index (χ3n) is 2.69. The molecule has 1 rings (SSSR count). The third-order valence-corrected chi connectivity index (χ3v) is 2.69. The number of carbonyl (C=O) groups is 2. The second kappa shape index (κ2) is 4.96. The standard InChI is InChI=1S/C11H17NO3/c1-4-9-5-6-10(11(14)15-3)12(7-9)8(2)13/h7,10H,4-6H2,1-3H3/t10-/m0/s1. The summed E-state index contributed by atoms with van der Waals surface area (Å²) < 4.78 is 4.68. The highest BCUT2D eigenvalue weighted by molar-refractivity contribution is 5.84. The topological polar surface area (TPSA) is 46.6 Å². The average molecular weight is 211 g/mol. The van der Waals surface area contributed by atoms with E-state index in [0.29, 0.717) is 6.42 Å². The number of amides is 1. The Kier molecular flexibility index (Phi) is 3.88. The first-order chi connectivity index (χ1) is 7.10. The Labute approximate surface area is 89.9 Å². The maximum absolute atomic E-state index is 11.4. The Morgan fingerprint density at radius 3 is 2.73 bits per heavy atom. The average Bonchev–Trinajstić information content (AvgIpc) is 2.27. The van der Waals surface area contributed by atoms with Gasteiger partial charge in [-0.2, -0.15) is 0 Å². The van der Waals surface area contributed by atoms with Crippen LogP contribution in [0.1, 0.15) is 33.1 Å². The minimum atomic E-state index is -0.442. The van der Waals surface area contributed by atoms with Gasteiger partial charge in [0, 0.05) is 13.1 Å². The van der Waals surface area contributed by atoms with Crippen LogP contribution in [-0.4, -0.2) is 29.9 Å². The summed E-state index contributed by atoms with van der Waals surface area (Å²) in [4.78, 5) is 24.3. The molecule has 4 heteroatoms. The lowest BCUT2D eigenvalue weighted by molar-refractivity contribution is -0.150. The number of nitrogens with zero attached hydrogens (tertiary/aromatic N) is 1. The maximum atomic E-state index is 11.4. The molecule has 0 aliphatic carbocycles. The summed E-state index contributed by atoms with van der Waals surface area (Å²) in [5.74, 6) is -0.451. The fourth-order valence-corrected chi connectivity index (χ4v) is 1.76. The summed E-state index contributed by atoms with van der Waals surface area (Å²) in [5, 5.41) is 0. The summed E-state index contributed by atoms with van der Waals surface area (Å²) in [6.45, 7) is 3.51. The van der Waals surface area contributed by atoms with Gasteiger partial charge in [0.1, 0.15) is 6.04 Å². The molecule has 0 N–H and O–H groups in total. The van der Waals surface area contributed by atoms with Gasteiger partial charge in [-0.15, -0.1) is 0 Å². The minimum Gasteiger partial charge on any atom is -0.467 e. The quantitative estimate of drug-likeness (QED) is 0.650. The number of carbonyl (C=O) groups excluding carboxylic acids is 2. The summed E-state index contributed by atoms with van der Waals surface area (Å²) in [7, 11) is 1.35. The summed E-state index contributed by atoms with van der Waals surface area (Å²) in [5.41, 5.74) is 1.20. The molecule has 0 spiro atoms. The van der Waals surface area contributed by atoms with Gasteiger partial charge in [-0.25, -0.2) is 4.79 Å². The first kappa shape index (κ1) is 11.8. The molecular formula is C11H17NO3. The highest BCUT2D eigenvalue weighted by Crippen LogP contribution is 2.23. The first-order valence-electron chi connectivity index (χ1n) is 5.16. The van der Waals surface area contributed by atoms with E-state index >= 15 is 0 Å². The number of ether oxygens (including phenoxy) is 1. The van der Waals surface area contributed by atoms with E-state index in [2.05, 4.69) is 4.74 Å². The fourth-order valence-electron chi connectivity index (χ4n) is 1.76.